The van der Waals surface area contributed by atoms with Crippen LogP contribution in [0.5, 0.6) is 0 Å². The van der Waals surface area contributed by atoms with Crippen molar-refractivity contribution >= 4 is 0 Å². The lowest BCUT2D eigenvalue weighted by atomic mass is 10.0. The SMILES string of the molecule is Cc1ccc(-n2cc(CN3CCN4CCC[C@H]4C3)c(-c3cccc(C)c3)n2)cc1. The first-order chi connectivity index (χ1) is 14.2. The van der Waals surface area contributed by atoms with E-state index in [0.717, 1.165) is 30.5 Å². The van der Waals surface area contributed by atoms with Crippen molar-refractivity contribution in [1.82, 2.24) is 19.6 Å². The predicted octanol–water partition coefficient (Wildman–Crippen LogP) is 4.44. The Hall–Kier alpha value is -2.43. The van der Waals surface area contributed by atoms with Crippen LogP contribution in [0.3, 0.4) is 0 Å². The van der Waals surface area contributed by atoms with Crippen LogP contribution in [-0.2, 0) is 6.54 Å². The number of rotatable bonds is 4. The number of nitrogens with zero attached hydrogens (tertiary/aromatic N) is 4. The molecular weight excluding hydrogens is 356 g/mol. The second-order valence-corrected chi connectivity index (χ2v) is 8.72. The molecule has 0 spiro atoms. The van der Waals surface area contributed by atoms with Gasteiger partial charge < -0.3 is 0 Å². The van der Waals surface area contributed by atoms with Gasteiger partial charge in [-0.15, -0.1) is 0 Å². The summed E-state index contributed by atoms with van der Waals surface area (Å²) in [6.07, 6.45) is 4.95. The molecule has 0 saturated carbocycles. The van der Waals surface area contributed by atoms with Crippen LogP contribution >= 0.6 is 0 Å². The number of piperazine rings is 1. The van der Waals surface area contributed by atoms with Crippen molar-refractivity contribution in [3.8, 4) is 16.9 Å². The molecule has 2 aliphatic rings. The van der Waals surface area contributed by atoms with Gasteiger partial charge in [-0.1, -0.05) is 41.5 Å². The summed E-state index contributed by atoms with van der Waals surface area (Å²) in [4.78, 5) is 5.30. The van der Waals surface area contributed by atoms with Gasteiger partial charge in [0.2, 0.25) is 0 Å². The summed E-state index contributed by atoms with van der Waals surface area (Å²) >= 11 is 0. The largest absolute Gasteiger partial charge is 0.298 e. The zero-order valence-corrected chi connectivity index (χ0v) is 17.5. The number of aromatic nitrogens is 2. The van der Waals surface area contributed by atoms with Crippen LogP contribution in [0.4, 0.5) is 0 Å². The van der Waals surface area contributed by atoms with Crippen molar-refractivity contribution in [2.45, 2.75) is 39.3 Å². The molecule has 2 aromatic carbocycles. The monoisotopic (exact) mass is 386 g/mol. The Morgan fingerprint density at radius 3 is 2.66 bits per heavy atom. The Morgan fingerprint density at radius 2 is 1.83 bits per heavy atom. The molecule has 1 aromatic heterocycles. The molecule has 3 heterocycles. The molecule has 5 rings (SSSR count). The molecule has 0 bridgehead atoms. The maximum absolute atomic E-state index is 5.03. The summed E-state index contributed by atoms with van der Waals surface area (Å²) in [5, 5.41) is 5.03. The maximum atomic E-state index is 5.03. The molecule has 2 saturated heterocycles. The van der Waals surface area contributed by atoms with E-state index in [4.69, 9.17) is 5.10 Å². The van der Waals surface area contributed by atoms with Crippen molar-refractivity contribution in [2.75, 3.05) is 26.2 Å². The second kappa shape index (κ2) is 7.77. The number of benzene rings is 2. The van der Waals surface area contributed by atoms with Gasteiger partial charge in [0.15, 0.2) is 0 Å². The molecule has 0 unspecified atom stereocenters. The van der Waals surface area contributed by atoms with E-state index in [0.29, 0.717) is 0 Å². The van der Waals surface area contributed by atoms with Crippen LogP contribution < -0.4 is 0 Å². The van der Waals surface area contributed by atoms with E-state index in [1.807, 2.05) is 0 Å². The number of aryl methyl sites for hydroxylation is 2. The highest BCUT2D eigenvalue weighted by Crippen LogP contribution is 2.28. The fraction of sp³-hybridized carbons (Fsp3) is 0.400. The van der Waals surface area contributed by atoms with E-state index in [2.05, 4.69) is 83.1 Å². The molecule has 2 fully saturated rings. The van der Waals surface area contributed by atoms with Crippen LogP contribution in [-0.4, -0.2) is 51.8 Å². The van der Waals surface area contributed by atoms with E-state index in [1.165, 1.54) is 54.7 Å². The first-order valence-electron chi connectivity index (χ1n) is 10.8. The molecule has 0 N–H and O–H groups in total. The molecule has 4 heteroatoms. The van der Waals surface area contributed by atoms with Gasteiger partial charge in [-0.3, -0.25) is 9.80 Å². The van der Waals surface area contributed by atoms with E-state index in [-0.39, 0.29) is 0 Å². The third-order valence-corrected chi connectivity index (χ3v) is 6.45. The maximum Gasteiger partial charge on any atom is 0.0972 e. The highest BCUT2D eigenvalue weighted by molar-refractivity contribution is 5.64. The summed E-state index contributed by atoms with van der Waals surface area (Å²) in [6, 6.07) is 18.1. The highest BCUT2D eigenvalue weighted by Gasteiger charge is 2.31. The molecule has 3 aromatic rings. The summed E-state index contributed by atoms with van der Waals surface area (Å²) in [6.45, 7) is 10.1. The molecule has 0 aliphatic carbocycles. The quantitative estimate of drug-likeness (QED) is 0.663. The molecule has 0 amide bonds. The minimum atomic E-state index is 0.748. The summed E-state index contributed by atoms with van der Waals surface area (Å²) in [5.41, 5.74) is 7.32. The summed E-state index contributed by atoms with van der Waals surface area (Å²) in [5.74, 6) is 0. The van der Waals surface area contributed by atoms with Gasteiger partial charge in [0.25, 0.3) is 0 Å². The Balaban J connectivity index is 1.47. The minimum absolute atomic E-state index is 0.748. The Bertz CT molecular complexity index is 988. The van der Waals surface area contributed by atoms with Crippen molar-refractivity contribution in [3.63, 3.8) is 0 Å². The minimum Gasteiger partial charge on any atom is -0.298 e. The van der Waals surface area contributed by atoms with Gasteiger partial charge >= 0.3 is 0 Å². The van der Waals surface area contributed by atoms with Crippen LogP contribution in [0.1, 0.15) is 29.5 Å². The van der Waals surface area contributed by atoms with E-state index in [9.17, 15) is 0 Å². The first-order valence-corrected chi connectivity index (χ1v) is 10.8. The van der Waals surface area contributed by atoms with Gasteiger partial charge in [0.05, 0.1) is 11.4 Å². The third-order valence-electron chi connectivity index (χ3n) is 6.45. The third kappa shape index (κ3) is 3.87. The van der Waals surface area contributed by atoms with E-state index in [1.54, 1.807) is 0 Å². The Morgan fingerprint density at radius 1 is 0.966 bits per heavy atom. The molecule has 29 heavy (non-hydrogen) atoms. The van der Waals surface area contributed by atoms with Crippen molar-refractivity contribution in [3.05, 3.63) is 71.4 Å². The fourth-order valence-corrected chi connectivity index (χ4v) is 4.83. The average molecular weight is 387 g/mol. The molecule has 2 aliphatic heterocycles. The Kier molecular flexibility index (Phi) is 4.98. The summed E-state index contributed by atoms with van der Waals surface area (Å²) in [7, 11) is 0. The Labute approximate surface area is 173 Å². The zero-order chi connectivity index (χ0) is 19.8. The lowest BCUT2D eigenvalue weighted by Gasteiger charge is -2.37. The molecule has 1 atom stereocenters. The van der Waals surface area contributed by atoms with Gasteiger partial charge in [0.1, 0.15) is 0 Å². The zero-order valence-electron chi connectivity index (χ0n) is 17.5. The van der Waals surface area contributed by atoms with E-state index >= 15 is 0 Å². The fourth-order valence-electron chi connectivity index (χ4n) is 4.83. The predicted molar refractivity (Wildman–Crippen MR) is 118 cm³/mol. The van der Waals surface area contributed by atoms with Crippen molar-refractivity contribution in [1.29, 1.82) is 0 Å². The van der Waals surface area contributed by atoms with Crippen LogP contribution in [0, 0.1) is 13.8 Å². The normalized spacial score (nSPS) is 20.1. The molecule has 150 valence electrons. The number of hydrogen-bond acceptors (Lipinski definition) is 3. The van der Waals surface area contributed by atoms with Gasteiger partial charge in [-0.05, 0) is 51.4 Å². The van der Waals surface area contributed by atoms with Crippen molar-refractivity contribution < 1.29 is 0 Å². The molecule has 4 nitrogen and oxygen atoms in total. The summed E-state index contributed by atoms with van der Waals surface area (Å²) < 4.78 is 2.05. The smallest absolute Gasteiger partial charge is 0.0972 e. The van der Waals surface area contributed by atoms with Crippen LogP contribution in [0.25, 0.3) is 16.9 Å². The average Bonchev–Trinajstić information content (AvgIpc) is 3.35. The molecule has 0 radical (unpaired) electrons. The van der Waals surface area contributed by atoms with Crippen molar-refractivity contribution in [2.24, 2.45) is 0 Å². The van der Waals surface area contributed by atoms with Gasteiger partial charge in [-0.25, -0.2) is 4.68 Å². The standard InChI is InChI=1S/C25H30N4/c1-19-8-10-23(11-9-19)29-17-22(25(26-29)21-6-3-5-20(2)15-21)16-27-13-14-28-12-4-7-24(28)18-27/h3,5-6,8-11,15,17,24H,4,7,12-14,16,18H2,1-2H3/t24-/m0/s1. The van der Waals surface area contributed by atoms with Gasteiger partial charge in [0, 0.05) is 49.5 Å². The number of hydrogen-bond donors (Lipinski definition) is 0. The highest BCUT2D eigenvalue weighted by atomic mass is 15.3. The number of fused-ring (bicyclic) bond motifs is 1. The van der Waals surface area contributed by atoms with Crippen LogP contribution in [0.15, 0.2) is 54.7 Å². The second-order valence-electron chi connectivity index (χ2n) is 8.72. The lowest BCUT2D eigenvalue weighted by Crippen LogP contribution is -2.49. The van der Waals surface area contributed by atoms with Gasteiger partial charge in [-0.2, -0.15) is 5.10 Å². The topological polar surface area (TPSA) is 24.3 Å². The van der Waals surface area contributed by atoms with Crippen LogP contribution in [0.2, 0.25) is 0 Å². The van der Waals surface area contributed by atoms with E-state index < -0.39 is 0 Å². The lowest BCUT2D eigenvalue weighted by molar-refractivity contribution is 0.0995. The first kappa shape index (κ1) is 18.6. The molecular formula is C25H30N4.